The Morgan fingerprint density at radius 2 is 2.10 bits per heavy atom. The van der Waals surface area contributed by atoms with E-state index in [0.717, 1.165) is 11.5 Å². The number of hydrogen-bond acceptors (Lipinski definition) is 6. The predicted molar refractivity (Wildman–Crippen MR) is 118 cm³/mol. The first-order valence-electron chi connectivity index (χ1n) is 9.98. The molecule has 4 N–H and O–H groups in total. The number of amides is 3. The minimum atomic E-state index is -0.551. The molecule has 1 saturated heterocycles. The van der Waals surface area contributed by atoms with E-state index in [1.54, 1.807) is 22.9 Å². The molecule has 3 aromatic rings. The maximum Gasteiger partial charge on any atom is 0.326 e. The minimum Gasteiger partial charge on any atom is -0.367 e. The van der Waals surface area contributed by atoms with Crippen LogP contribution in [0.25, 0.3) is 11.7 Å². The van der Waals surface area contributed by atoms with Gasteiger partial charge in [0.1, 0.15) is 17.3 Å². The molecule has 5 rings (SSSR count). The Kier molecular flexibility index (Phi) is 4.74. The van der Waals surface area contributed by atoms with E-state index in [1.807, 2.05) is 24.3 Å². The van der Waals surface area contributed by atoms with E-state index >= 15 is 0 Å². The number of rotatable bonds is 6. The van der Waals surface area contributed by atoms with Gasteiger partial charge in [-0.2, -0.15) is 9.61 Å². The summed E-state index contributed by atoms with van der Waals surface area (Å²) in [4.78, 5) is 28.1. The molecule has 1 saturated carbocycles. The van der Waals surface area contributed by atoms with Gasteiger partial charge >= 0.3 is 6.03 Å². The zero-order chi connectivity index (χ0) is 21.5. The van der Waals surface area contributed by atoms with Crippen molar-refractivity contribution in [3.8, 4) is 0 Å². The lowest BCUT2D eigenvalue weighted by Crippen LogP contribution is -2.22. The first-order chi connectivity index (χ1) is 15.0. The van der Waals surface area contributed by atoms with E-state index < -0.39 is 11.9 Å². The van der Waals surface area contributed by atoms with Gasteiger partial charge in [0.2, 0.25) is 0 Å². The molecule has 0 bridgehead atoms. The van der Waals surface area contributed by atoms with E-state index in [4.69, 9.17) is 16.6 Å². The summed E-state index contributed by atoms with van der Waals surface area (Å²) < 4.78 is 1.70. The summed E-state index contributed by atoms with van der Waals surface area (Å²) in [6.07, 6.45) is 5.60. The Labute approximate surface area is 182 Å². The smallest absolute Gasteiger partial charge is 0.326 e. The number of urea groups is 1. The molecule has 0 spiro atoms. The number of carbonyl (C=O) groups excluding carboxylic acids is 2. The Morgan fingerprint density at radius 1 is 1.26 bits per heavy atom. The second kappa shape index (κ2) is 7.59. The van der Waals surface area contributed by atoms with Gasteiger partial charge in [0.25, 0.3) is 5.91 Å². The summed E-state index contributed by atoms with van der Waals surface area (Å²) in [7, 11) is 0. The minimum absolute atomic E-state index is 0.149. The molecule has 1 aromatic carbocycles. The van der Waals surface area contributed by atoms with Gasteiger partial charge in [0, 0.05) is 28.4 Å². The molecule has 9 nitrogen and oxygen atoms in total. The Bertz CT molecular complexity index is 1230. The Hall–Kier alpha value is -3.59. The Morgan fingerprint density at radius 3 is 2.81 bits per heavy atom. The van der Waals surface area contributed by atoms with Crippen molar-refractivity contribution in [2.45, 2.75) is 25.8 Å². The number of benzene rings is 1. The number of nitrogens with one attached hydrogen (secondary N) is 4. The monoisotopic (exact) mass is 437 g/mol. The van der Waals surface area contributed by atoms with E-state index in [9.17, 15) is 9.59 Å². The molecule has 31 heavy (non-hydrogen) atoms. The predicted octanol–water partition coefficient (Wildman–Crippen LogP) is 3.52. The van der Waals surface area contributed by atoms with E-state index in [0.29, 0.717) is 28.0 Å². The van der Waals surface area contributed by atoms with Crippen molar-refractivity contribution in [2.75, 3.05) is 10.6 Å². The highest BCUT2D eigenvalue weighted by atomic mass is 35.5. The van der Waals surface area contributed by atoms with Gasteiger partial charge in [-0.15, -0.1) is 0 Å². The zero-order valence-electron chi connectivity index (χ0n) is 16.6. The van der Waals surface area contributed by atoms with Crippen molar-refractivity contribution in [1.82, 2.24) is 25.2 Å². The third-order valence-electron chi connectivity index (χ3n) is 5.32. The van der Waals surface area contributed by atoms with Crippen LogP contribution in [0.3, 0.4) is 0 Å². The van der Waals surface area contributed by atoms with Gasteiger partial charge < -0.3 is 16.0 Å². The number of imide groups is 1. The van der Waals surface area contributed by atoms with Gasteiger partial charge in [-0.25, -0.2) is 9.78 Å². The van der Waals surface area contributed by atoms with Crippen LogP contribution in [0.2, 0.25) is 5.02 Å². The summed E-state index contributed by atoms with van der Waals surface area (Å²) in [5, 5.41) is 16.6. The summed E-state index contributed by atoms with van der Waals surface area (Å²) in [5.41, 5.74) is 2.09. The summed E-state index contributed by atoms with van der Waals surface area (Å²) >= 11 is 6.11. The van der Waals surface area contributed by atoms with Crippen molar-refractivity contribution in [2.24, 2.45) is 5.92 Å². The molecule has 3 amide bonds. The molecule has 2 aliphatic rings. The highest BCUT2D eigenvalue weighted by Crippen LogP contribution is 2.34. The molecule has 1 aliphatic heterocycles. The molecule has 2 aromatic heterocycles. The lowest BCUT2D eigenvalue weighted by Gasteiger charge is -2.17. The first-order valence-corrected chi connectivity index (χ1v) is 10.4. The van der Waals surface area contributed by atoms with Crippen LogP contribution in [0, 0.1) is 5.92 Å². The van der Waals surface area contributed by atoms with E-state index in [-0.39, 0.29) is 11.7 Å². The molecule has 3 heterocycles. The quantitative estimate of drug-likeness (QED) is 0.347. The van der Waals surface area contributed by atoms with E-state index in [2.05, 4.69) is 33.3 Å². The van der Waals surface area contributed by atoms with Gasteiger partial charge in [-0.05, 0) is 50.0 Å². The topological polar surface area (TPSA) is 112 Å². The van der Waals surface area contributed by atoms with Gasteiger partial charge in [0.15, 0.2) is 5.65 Å². The first kappa shape index (κ1) is 19.4. The second-order valence-corrected chi connectivity index (χ2v) is 8.17. The number of nitrogens with zero attached hydrogens (tertiary/aromatic N) is 3. The molecule has 1 atom stereocenters. The number of hydrogen-bond donors (Lipinski definition) is 4. The number of fused-ring (bicyclic) bond motifs is 1. The van der Waals surface area contributed by atoms with Crippen LogP contribution in [0.15, 0.2) is 42.2 Å². The van der Waals surface area contributed by atoms with Crippen LogP contribution >= 0.6 is 11.6 Å². The van der Waals surface area contributed by atoms with Gasteiger partial charge in [0.05, 0.1) is 6.20 Å². The third kappa shape index (κ3) is 4.04. The molecule has 0 unspecified atom stereocenters. The largest absolute Gasteiger partial charge is 0.367 e. The molecule has 158 valence electrons. The Balaban J connectivity index is 1.57. The fraction of sp³-hybridized carbons (Fsp3) is 0.238. The molecular formula is C21H20ClN7O2. The average molecular weight is 438 g/mol. The number of anilines is 3. The zero-order valence-corrected chi connectivity index (χ0v) is 17.4. The highest BCUT2D eigenvalue weighted by Gasteiger charge is 2.29. The fourth-order valence-corrected chi connectivity index (χ4v) is 3.74. The normalized spacial score (nSPS) is 18.2. The number of carbonyl (C=O) groups is 2. The molecule has 10 heteroatoms. The molecule has 0 radical (unpaired) electrons. The standard InChI is InChI=1S/C21H20ClN7O2/c1-11(12-5-6-12)24-18-9-17(25-15-4-2-3-14(22)8-15)27-19-13(10-23-29(18)19)7-16-20(30)28-21(31)26-16/h2-4,7-12,24H,5-6H2,1H3,(H,25,27)(H2,26,28,30,31)/b16-7-/t11-/m0/s1. The summed E-state index contributed by atoms with van der Waals surface area (Å²) in [6.45, 7) is 2.15. The van der Waals surface area contributed by atoms with Crippen LogP contribution < -0.4 is 21.3 Å². The van der Waals surface area contributed by atoms with Crippen molar-refractivity contribution in [3.63, 3.8) is 0 Å². The van der Waals surface area contributed by atoms with Crippen molar-refractivity contribution in [1.29, 1.82) is 0 Å². The number of halogens is 1. The van der Waals surface area contributed by atoms with Gasteiger partial charge in [-0.1, -0.05) is 17.7 Å². The van der Waals surface area contributed by atoms with E-state index in [1.165, 1.54) is 12.8 Å². The van der Waals surface area contributed by atoms with Crippen LogP contribution in [0.5, 0.6) is 0 Å². The molecular weight excluding hydrogens is 418 g/mol. The van der Waals surface area contributed by atoms with Crippen LogP contribution in [-0.2, 0) is 4.79 Å². The second-order valence-electron chi connectivity index (χ2n) is 7.73. The van der Waals surface area contributed by atoms with Crippen LogP contribution in [0.1, 0.15) is 25.3 Å². The number of aromatic nitrogens is 3. The third-order valence-corrected chi connectivity index (χ3v) is 5.56. The van der Waals surface area contributed by atoms with Crippen molar-refractivity contribution < 1.29 is 9.59 Å². The SMILES string of the molecule is C[C@H](Nc1cc(Nc2cccc(Cl)c2)nc2c(/C=C3\NC(=O)NC3=O)cnn12)C1CC1. The van der Waals surface area contributed by atoms with Crippen molar-refractivity contribution in [3.05, 3.63) is 52.8 Å². The fourth-order valence-electron chi connectivity index (χ4n) is 3.55. The lowest BCUT2D eigenvalue weighted by atomic mass is 10.2. The molecule has 2 fully saturated rings. The van der Waals surface area contributed by atoms with Crippen molar-refractivity contribution >= 4 is 52.6 Å². The van der Waals surface area contributed by atoms with Crippen LogP contribution in [-0.4, -0.2) is 32.6 Å². The maximum atomic E-state index is 11.9. The maximum absolute atomic E-state index is 11.9. The van der Waals surface area contributed by atoms with Crippen LogP contribution in [0.4, 0.5) is 22.1 Å². The van der Waals surface area contributed by atoms with Gasteiger partial charge in [-0.3, -0.25) is 10.1 Å². The average Bonchev–Trinajstić information content (AvgIpc) is 3.42. The highest BCUT2D eigenvalue weighted by molar-refractivity contribution is 6.30. The summed E-state index contributed by atoms with van der Waals surface area (Å²) in [6, 6.07) is 8.99. The lowest BCUT2D eigenvalue weighted by molar-refractivity contribution is -0.115. The molecule has 1 aliphatic carbocycles. The summed E-state index contributed by atoms with van der Waals surface area (Å²) in [5.74, 6) is 1.53.